The molecule has 32 heteroatoms. The van der Waals surface area contributed by atoms with Crippen molar-refractivity contribution in [3.8, 4) is 0 Å². The summed E-state index contributed by atoms with van der Waals surface area (Å²) in [5, 5.41) is 203. The van der Waals surface area contributed by atoms with Crippen LogP contribution in [0.1, 0.15) is 588 Å². The molecule has 0 radical (unpaired) electrons. The first-order valence-electron chi connectivity index (χ1n) is 59.2. The summed E-state index contributed by atoms with van der Waals surface area (Å²) >= 11 is 0. The molecule has 0 aromatic carbocycles. The molecule has 0 heterocycles. The van der Waals surface area contributed by atoms with E-state index in [2.05, 4.69) is 48.5 Å². The van der Waals surface area contributed by atoms with Gasteiger partial charge in [0.25, 0.3) is 0 Å². The van der Waals surface area contributed by atoms with E-state index in [-0.39, 0.29) is 79.3 Å². The van der Waals surface area contributed by atoms with E-state index in [0.29, 0.717) is 44.9 Å². The molecule has 0 fully saturated rings. The van der Waals surface area contributed by atoms with E-state index >= 15 is 0 Å². The highest BCUT2D eigenvalue weighted by Gasteiger charge is 2.07. The smallest absolute Gasteiger partial charge is 0.303 e. The molecule has 32 nitrogen and oxygen atoms in total. The number of carboxylic acids is 7. The van der Waals surface area contributed by atoms with E-state index in [1.807, 2.05) is 0 Å². The van der Waals surface area contributed by atoms with Gasteiger partial charge >= 0.3 is 41.8 Å². The van der Waals surface area contributed by atoms with Crippen LogP contribution in [-0.2, 0) is 33.6 Å². The van der Waals surface area contributed by atoms with Crippen molar-refractivity contribution in [1.29, 1.82) is 0 Å². The molecule has 0 saturated heterocycles. The first kappa shape index (κ1) is 171. The lowest BCUT2D eigenvalue weighted by atomic mass is 10.1. The molecule has 0 spiro atoms. The number of hydrogen-bond donors (Lipinski definition) is 25. The molecule has 900 valence electrons. The molecule has 0 rings (SSSR count). The fourth-order valence-electron chi connectivity index (χ4n) is 13.9. The average Bonchev–Trinajstić information content (AvgIpc) is 1.11. The Morgan fingerprint density at radius 1 is 0.115 bits per heavy atom. The molecule has 0 aliphatic heterocycles. The Hall–Kier alpha value is -4.43. The Kier molecular flexibility index (Phi) is 194. The molecular weight excluding hydrogens is 1910 g/mol. The van der Waals surface area contributed by atoms with E-state index in [1.165, 1.54) is 405 Å². The van der Waals surface area contributed by atoms with Crippen LogP contribution < -0.4 is 0 Å². The van der Waals surface area contributed by atoms with E-state index in [4.69, 9.17) is 128 Å². The largest absolute Gasteiger partial charge is 0.481 e. The molecule has 25 N–H and O–H groups in total. The number of aliphatic hydroxyl groups excluding tert-OH is 18. The number of carbonyl (C=O) groups is 7. The van der Waals surface area contributed by atoms with Crippen molar-refractivity contribution in [2.24, 2.45) is 0 Å². The van der Waals surface area contributed by atoms with Crippen molar-refractivity contribution in [3.63, 3.8) is 0 Å². The topological polar surface area (TPSA) is 625 Å². The number of unbranched alkanes of at least 4 members (excludes halogenated alkanes) is 70. The molecule has 0 aliphatic carbocycles. The highest BCUT2D eigenvalue weighted by molar-refractivity contribution is 5.68. The van der Waals surface area contributed by atoms with Crippen molar-refractivity contribution < 1.29 is 161 Å². The first-order chi connectivity index (χ1) is 71.2. The van der Waals surface area contributed by atoms with Crippen LogP contribution in [0.4, 0.5) is 0 Å². The first-order valence-corrected chi connectivity index (χ1v) is 59.2. The standard InChI is InChI=1S/7C14H28O2.6C3H8O3/c7*1-2-3-4-5-6-7-8-9-10-11-12-13-14(15)16;6*4-1-3(6)2-5/h7*2-13H2,1H3,(H,15,16);6*3-6H,1-2H2. The second-order valence-corrected chi connectivity index (χ2v) is 38.9. The quantitative estimate of drug-likeness (QED) is 0.0251. The molecule has 0 atom stereocenters. The van der Waals surface area contributed by atoms with Gasteiger partial charge in [0.05, 0.1) is 79.3 Å². The van der Waals surface area contributed by atoms with Crippen LogP contribution in [0.15, 0.2) is 0 Å². The molecule has 0 saturated carbocycles. The summed E-state index contributed by atoms with van der Waals surface area (Å²) < 4.78 is 0. The maximum absolute atomic E-state index is 10.3. The van der Waals surface area contributed by atoms with E-state index in [0.717, 1.165) is 89.9 Å². The van der Waals surface area contributed by atoms with Gasteiger partial charge in [-0.1, -0.05) is 498 Å². The van der Waals surface area contributed by atoms with Crippen LogP contribution in [0.5, 0.6) is 0 Å². The molecule has 0 aromatic heterocycles. The van der Waals surface area contributed by atoms with Gasteiger partial charge in [-0.25, -0.2) is 0 Å². The highest BCUT2D eigenvalue weighted by atomic mass is 16.4. The Morgan fingerprint density at radius 3 is 0.209 bits per heavy atom. The molecule has 0 aromatic rings. The lowest BCUT2D eigenvalue weighted by Gasteiger charge is -2.01. The lowest BCUT2D eigenvalue weighted by Crippen LogP contribution is -2.15. The van der Waals surface area contributed by atoms with Gasteiger partial charge < -0.3 is 128 Å². The number of aliphatic carboxylic acids is 7. The predicted octanol–water partition coefficient (Wildman–Crippen LogP) is 23.4. The van der Waals surface area contributed by atoms with Crippen LogP contribution in [0, 0.1) is 0 Å². The molecular formula is C116H244O32. The summed E-state index contributed by atoms with van der Waals surface area (Å²) in [6, 6.07) is 0. The zero-order valence-electron chi connectivity index (χ0n) is 95.9. The molecule has 0 amide bonds. The predicted molar refractivity (Wildman–Crippen MR) is 602 cm³/mol. The fourth-order valence-corrected chi connectivity index (χ4v) is 13.9. The second kappa shape index (κ2) is 168. The highest BCUT2D eigenvalue weighted by Crippen LogP contribution is 2.20. The van der Waals surface area contributed by atoms with Crippen molar-refractivity contribution >= 4 is 41.8 Å². The summed E-state index contributed by atoms with van der Waals surface area (Å²) in [6.07, 6.45) is 94.8. The van der Waals surface area contributed by atoms with Gasteiger partial charge in [0.2, 0.25) is 0 Å². The van der Waals surface area contributed by atoms with E-state index < -0.39 is 78.4 Å². The van der Waals surface area contributed by atoms with Crippen LogP contribution in [0.25, 0.3) is 0 Å². The summed E-state index contributed by atoms with van der Waals surface area (Å²) in [6.45, 7) is 11.4. The van der Waals surface area contributed by atoms with E-state index in [1.54, 1.807) is 0 Å². The van der Waals surface area contributed by atoms with Crippen LogP contribution in [-0.4, -0.2) is 285 Å². The SMILES string of the molecule is CCCCCCCCCCCCCC(=O)O.CCCCCCCCCCCCCC(=O)O.CCCCCCCCCCCCCC(=O)O.CCCCCCCCCCCCCC(=O)O.CCCCCCCCCCCCCC(=O)O.CCCCCCCCCCCCCC(=O)O.CCCCCCCCCCCCCC(=O)O.OCC(O)CO.OCC(O)CO.OCC(O)CO.OCC(O)CO.OCC(O)CO.OCC(O)CO. The van der Waals surface area contributed by atoms with E-state index in [9.17, 15) is 33.6 Å². The average molecular weight is 2150 g/mol. The summed E-state index contributed by atoms with van der Waals surface area (Å²) in [5.41, 5.74) is 0. The fraction of sp³-hybridized carbons (Fsp3) is 0.940. The zero-order valence-corrected chi connectivity index (χ0v) is 95.9. The van der Waals surface area contributed by atoms with Crippen molar-refractivity contribution in [2.45, 2.75) is 624 Å². The second-order valence-electron chi connectivity index (χ2n) is 38.9. The van der Waals surface area contributed by atoms with Gasteiger partial charge in [-0.15, -0.1) is 0 Å². The maximum Gasteiger partial charge on any atom is 0.303 e. The van der Waals surface area contributed by atoms with Gasteiger partial charge in [-0.3, -0.25) is 33.6 Å². The number of rotatable bonds is 96. The van der Waals surface area contributed by atoms with Gasteiger partial charge in [0.1, 0.15) is 36.6 Å². The summed E-state index contributed by atoms with van der Waals surface area (Å²) in [5.74, 6) is -4.60. The minimum absolute atomic E-state index is 0.344. The van der Waals surface area contributed by atoms with Gasteiger partial charge in [-0.05, 0) is 44.9 Å². The normalized spacial score (nSPS) is 10.4. The Morgan fingerprint density at radius 2 is 0.169 bits per heavy atom. The van der Waals surface area contributed by atoms with Gasteiger partial charge in [0.15, 0.2) is 0 Å². The Bertz CT molecular complexity index is 1900. The minimum atomic E-state index is -0.954. The van der Waals surface area contributed by atoms with Crippen LogP contribution >= 0.6 is 0 Å². The summed E-state index contributed by atoms with van der Waals surface area (Å²) in [7, 11) is 0. The van der Waals surface area contributed by atoms with Gasteiger partial charge in [-0.2, -0.15) is 0 Å². The minimum Gasteiger partial charge on any atom is -0.481 e. The molecule has 0 unspecified atom stereocenters. The van der Waals surface area contributed by atoms with Crippen LogP contribution in [0.3, 0.4) is 0 Å². The molecule has 148 heavy (non-hydrogen) atoms. The third kappa shape index (κ3) is 229. The number of aliphatic hydroxyl groups is 18. The Balaban J connectivity index is -0.000000124. The van der Waals surface area contributed by atoms with Crippen molar-refractivity contribution in [2.75, 3.05) is 79.3 Å². The maximum atomic E-state index is 10.3. The molecule has 0 bridgehead atoms. The summed E-state index contributed by atoms with van der Waals surface area (Å²) in [4.78, 5) is 71.8. The van der Waals surface area contributed by atoms with Crippen molar-refractivity contribution in [1.82, 2.24) is 0 Å². The van der Waals surface area contributed by atoms with Gasteiger partial charge in [0, 0.05) is 44.9 Å². The molecule has 0 aliphatic rings. The number of carboxylic acid groups (broad SMARTS) is 7. The zero-order chi connectivity index (χ0) is 114. The third-order valence-corrected chi connectivity index (χ3v) is 23.5. The van der Waals surface area contributed by atoms with Crippen LogP contribution in [0.2, 0.25) is 0 Å². The Labute approximate surface area is 902 Å². The lowest BCUT2D eigenvalue weighted by molar-refractivity contribution is -0.138. The monoisotopic (exact) mass is 2150 g/mol. The van der Waals surface area contributed by atoms with Crippen molar-refractivity contribution in [3.05, 3.63) is 0 Å². The number of hydrogen-bond acceptors (Lipinski definition) is 25. The third-order valence-electron chi connectivity index (χ3n) is 23.5.